The zero-order chi connectivity index (χ0) is 27.0. The predicted octanol–water partition coefficient (Wildman–Crippen LogP) is 5.91. The summed E-state index contributed by atoms with van der Waals surface area (Å²) in [5.41, 5.74) is -6.02. The van der Waals surface area contributed by atoms with Crippen LogP contribution in [0.3, 0.4) is 0 Å². The molecule has 0 aromatic carbocycles. The molecule has 200 valence electrons. The van der Waals surface area contributed by atoms with Crippen molar-refractivity contribution in [1.82, 2.24) is 0 Å². The maximum absolute atomic E-state index is 17.4. The highest BCUT2D eigenvalue weighted by atomic mass is 32.2. The second-order valence-corrected chi connectivity index (χ2v) is 12.2. The highest BCUT2D eigenvalue weighted by Gasteiger charge is 2.78. The Hall–Kier alpha value is -2.26. The van der Waals surface area contributed by atoms with Crippen molar-refractivity contribution in [3.8, 4) is 0 Å². The van der Waals surface area contributed by atoms with Crippen molar-refractivity contribution in [1.29, 1.82) is 0 Å². The molecule has 5 nitrogen and oxygen atoms in total. The molecule has 5 rings (SSSR count). The average molecular weight is 537 g/mol. The van der Waals surface area contributed by atoms with Gasteiger partial charge in [-0.05, 0) is 67.1 Å². The van der Waals surface area contributed by atoms with E-state index in [2.05, 4.69) is 6.58 Å². The first kappa shape index (κ1) is 26.4. The fourth-order valence-corrected chi connectivity index (χ4v) is 8.83. The van der Waals surface area contributed by atoms with Crippen molar-refractivity contribution in [2.75, 3.05) is 6.01 Å². The lowest BCUT2D eigenvalue weighted by atomic mass is 9.44. The Balaban J connectivity index is 1.64. The van der Waals surface area contributed by atoms with E-state index in [0.717, 1.165) is 0 Å². The Labute approximate surface area is 218 Å². The van der Waals surface area contributed by atoms with Gasteiger partial charge < -0.3 is 14.3 Å². The minimum atomic E-state index is -2.24. The van der Waals surface area contributed by atoms with Crippen LogP contribution in [0.1, 0.15) is 50.6 Å². The number of allylic oxidation sites excluding steroid dienone is 5. The van der Waals surface area contributed by atoms with Crippen LogP contribution in [0.5, 0.6) is 0 Å². The molecule has 1 N–H and O–H groups in total. The number of furan rings is 1. The zero-order valence-corrected chi connectivity index (χ0v) is 21.8. The summed E-state index contributed by atoms with van der Waals surface area (Å²) >= 11 is 0.380. The lowest BCUT2D eigenvalue weighted by Gasteiger charge is -2.63. The number of alkyl halides is 3. The molecule has 9 heteroatoms. The summed E-state index contributed by atoms with van der Waals surface area (Å²) in [6.45, 7) is 8.83. The van der Waals surface area contributed by atoms with Gasteiger partial charge in [0.05, 0.1) is 12.4 Å². The lowest BCUT2D eigenvalue weighted by molar-refractivity contribution is -0.221. The smallest absolute Gasteiger partial charge is 0.375 e. The summed E-state index contributed by atoms with van der Waals surface area (Å²) in [7, 11) is 0. The van der Waals surface area contributed by atoms with Crippen molar-refractivity contribution in [3.05, 3.63) is 60.1 Å². The fraction of sp³-hybridized carbons (Fsp3) is 0.571. The van der Waals surface area contributed by atoms with Gasteiger partial charge in [-0.15, -0.1) is 0 Å². The van der Waals surface area contributed by atoms with Gasteiger partial charge in [-0.25, -0.2) is 18.0 Å². The van der Waals surface area contributed by atoms with Gasteiger partial charge in [0.25, 0.3) is 0 Å². The third-order valence-electron chi connectivity index (χ3n) is 9.73. The maximum Gasteiger partial charge on any atom is 0.375 e. The molecule has 0 amide bonds. The van der Waals surface area contributed by atoms with Crippen LogP contribution < -0.4 is 0 Å². The SMILES string of the molecule is C=C1C=C[C@@]2(C)C(=C1)[C@@H](F)CC1C3C[C@@H](C)[C@](OC(=O)c4ccco4)(C(=O)SCF)[C@@]3(C)C[C@H](O)[C@@]12F. The van der Waals surface area contributed by atoms with Crippen LogP contribution in [-0.4, -0.2) is 45.7 Å². The number of thioether (sulfide) groups is 1. The van der Waals surface area contributed by atoms with Crippen molar-refractivity contribution in [2.24, 2.45) is 28.6 Å². The number of aliphatic hydroxyl groups is 1. The van der Waals surface area contributed by atoms with Crippen molar-refractivity contribution in [2.45, 2.75) is 63.6 Å². The highest BCUT2D eigenvalue weighted by Crippen LogP contribution is 2.72. The highest BCUT2D eigenvalue weighted by molar-refractivity contribution is 8.13. The number of hydrogen-bond donors (Lipinski definition) is 1. The molecular weight excluding hydrogens is 505 g/mol. The maximum atomic E-state index is 17.4. The Morgan fingerprint density at radius 2 is 2.03 bits per heavy atom. The van der Waals surface area contributed by atoms with Gasteiger partial charge in [0, 0.05) is 22.7 Å². The van der Waals surface area contributed by atoms with E-state index in [4.69, 9.17) is 9.15 Å². The first-order valence-corrected chi connectivity index (χ1v) is 13.5. The van der Waals surface area contributed by atoms with Crippen LogP contribution >= 0.6 is 11.8 Å². The van der Waals surface area contributed by atoms with Gasteiger partial charge in [0.1, 0.15) is 12.2 Å². The van der Waals surface area contributed by atoms with Crippen molar-refractivity contribution >= 4 is 22.8 Å². The zero-order valence-electron chi connectivity index (χ0n) is 21.0. The van der Waals surface area contributed by atoms with E-state index in [1.165, 1.54) is 18.4 Å². The number of carbonyl (C=O) groups excluding carboxylic acids is 2. The van der Waals surface area contributed by atoms with E-state index in [1.54, 1.807) is 39.0 Å². The van der Waals surface area contributed by atoms with E-state index >= 15 is 8.78 Å². The van der Waals surface area contributed by atoms with Gasteiger partial charge in [-0.2, -0.15) is 0 Å². The molecule has 0 radical (unpaired) electrons. The van der Waals surface area contributed by atoms with Crippen LogP contribution in [0, 0.1) is 28.6 Å². The first-order chi connectivity index (χ1) is 17.4. The summed E-state index contributed by atoms with van der Waals surface area (Å²) in [6.07, 6.45) is 2.78. The topological polar surface area (TPSA) is 76.7 Å². The molecule has 1 aromatic heterocycles. The Bertz CT molecular complexity index is 1200. The van der Waals surface area contributed by atoms with Crippen molar-refractivity contribution in [3.63, 3.8) is 0 Å². The number of carbonyl (C=O) groups is 2. The Morgan fingerprint density at radius 3 is 2.68 bits per heavy atom. The molecule has 3 fully saturated rings. The van der Waals surface area contributed by atoms with Gasteiger partial charge >= 0.3 is 5.97 Å². The molecular formula is C28H31F3O5S. The third-order valence-corrected chi connectivity index (χ3v) is 10.4. The average Bonchev–Trinajstić information content (AvgIpc) is 3.45. The quantitative estimate of drug-likeness (QED) is 0.482. The predicted molar refractivity (Wildman–Crippen MR) is 133 cm³/mol. The van der Waals surface area contributed by atoms with Gasteiger partial charge in [0.2, 0.25) is 10.9 Å². The van der Waals surface area contributed by atoms with Crippen LogP contribution in [0.15, 0.2) is 58.8 Å². The molecule has 9 atom stereocenters. The van der Waals surface area contributed by atoms with E-state index in [1.807, 2.05) is 0 Å². The largest absolute Gasteiger partial charge is 0.457 e. The monoisotopic (exact) mass is 536 g/mol. The minimum Gasteiger partial charge on any atom is -0.457 e. The fourth-order valence-electron chi connectivity index (χ4n) is 8.04. The molecule has 0 aliphatic heterocycles. The molecule has 1 heterocycles. The molecule has 0 saturated heterocycles. The number of ether oxygens (including phenoxy) is 1. The van der Waals surface area contributed by atoms with Crippen LogP contribution in [0.2, 0.25) is 0 Å². The number of aliphatic hydroxyl groups excluding tert-OH is 1. The summed E-state index contributed by atoms with van der Waals surface area (Å²) in [6, 6.07) is 1.84. The molecule has 37 heavy (non-hydrogen) atoms. The van der Waals surface area contributed by atoms with E-state index in [9.17, 15) is 19.1 Å². The number of hydrogen-bond acceptors (Lipinski definition) is 6. The van der Waals surface area contributed by atoms with Crippen LogP contribution in [-0.2, 0) is 9.53 Å². The van der Waals surface area contributed by atoms with E-state index < -0.39 is 69.2 Å². The van der Waals surface area contributed by atoms with Gasteiger partial charge in [0.15, 0.2) is 11.3 Å². The minimum absolute atomic E-state index is 0.135. The van der Waals surface area contributed by atoms with Crippen LogP contribution in [0.4, 0.5) is 13.2 Å². The molecule has 4 aliphatic rings. The second kappa shape index (κ2) is 8.63. The van der Waals surface area contributed by atoms with Crippen molar-refractivity contribution < 1.29 is 37.0 Å². The third kappa shape index (κ3) is 3.28. The Morgan fingerprint density at radius 1 is 1.30 bits per heavy atom. The molecule has 1 aromatic rings. The summed E-state index contributed by atoms with van der Waals surface area (Å²) < 4.78 is 57.8. The summed E-state index contributed by atoms with van der Waals surface area (Å²) in [5, 5.41) is 10.8. The number of halogens is 3. The Kier molecular flexibility index (Phi) is 6.15. The molecule has 0 bridgehead atoms. The standard InChI is InChI=1S/C28H31F3O5S/c1-15-7-8-25(3)19(10-15)20(30)12-18-17-11-16(2)28(24(34)37-14-29,36-23(33)21-6-5-9-35-21)26(17,4)13-22(32)27(18,25)31/h5-10,16-18,20,22,32H,1,11-14H2,2-4H3/t16-,17?,18?,20+,22+,25+,26+,27+,28+/m1/s1. The summed E-state index contributed by atoms with van der Waals surface area (Å²) in [5.74, 6) is -3.30. The van der Waals surface area contributed by atoms with Crippen LogP contribution in [0.25, 0.3) is 0 Å². The molecule has 3 saturated carbocycles. The van der Waals surface area contributed by atoms with Gasteiger partial charge in [-0.3, -0.25) is 4.79 Å². The number of rotatable bonds is 4. The lowest BCUT2D eigenvalue weighted by Crippen LogP contribution is -2.70. The second-order valence-electron chi connectivity index (χ2n) is 11.3. The van der Waals surface area contributed by atoms with E-state index in [-0.39, 0.29) is 30.6 Å². The van der Waals surface area contributed by atoms with Gasteiger partial charge in [-0.1, -0.05) is 38.7 Å². The first-order valence-electron chi connectivity index (χ1n) is 12.5. The van der Waals surface area contributed by atoms with E-state index in [0.29, 0.717) is 17.3 Å². The molecule has 0 spiro atoms. The molecule has 2 unspecified atom stereocenters. The normalized spacial score (nSPS) is 44.5. The summed E-state index contributed by atoms with van der Waals surface area (Å²) in [4.78, 5) is 26.7. The number of fused-ring (bicyclic) bond motifs is 5. The molecule has 4 aliphatic carbocycles. The number of esters is 1.